The maximum atomic E-state index is 13.2. The van der Waals surface area contributed by atoms with Crippen molar-refractivity contribution in [2.45, 2.75) is 0 Å². The second kappa shape index (κ2) is 7.04. The van der Waals surface area contributed by atoms with Gasteiger partial charge in [-0.25, -0.2) is 0 Å². The van der Waals surface area contributed by atoms with Crippen LogP contribution in [0.3, 0.4) is 0 Å². The van der Waals surface area contributed by atoms with Crippen LogP contribution in [0.25, 0.3) is 38.4 Å². The average molecular weight is 435 g/mol. The Bertz CT molecular complexity index is 1550. The Balaban J connectivity index is 1.47. The molecule has 0 radical (unpaired) electrons. The molecule has 1 aliphatic heterocycles. The van der Waals surface area contributed by atoms with Crippen LogP contribution in [0.15, 0.2) is 84.6 Å². The number of anilines is 1. The SMILES string of the molecule is COc1ccc(N2C(=O)/C(=C/c3ccc4ccc5cccc6ccc3c4c56)NC2=S)cc1. The molecular formula is C27H18N2O2S. The summed E-state index contributed by atoms with van der Waals surface area (Å²) in [4.78, 5) is 14.7. The standard InChI is InChI=1S/C27H18N2O2S/c1-31-21-12-10-20(11-13-21)29-26(30)23(28-27(29)32)15-19-8-7-18-6-5-16-3-2-4-17-9-14-22(19)25(18)24(16)17/h2-15H,1H3,(H,28,32)/b23-15-. The van der Waals surface area contributed by atoms with E-state index in [9.17, 15) is 4.79 Å². The molecule has 0 saturated carbocycles. The van der Waals surface area contributed by atoms with E-state index in [0.29, 0.717) is 16.5 Å². The number of rotatable bonds is 3. The second-order valence-electron chi connectivity index (χ2n) is 7.84. The molecule has 1 amide bonds. The van der Waals surface area contributed by atoms with Crippen molar-refractivity contribution in [2.24, 2.45) is 0 Å². The molecule has 6 rings (SSSR count). The van der Waals surface area contributed by atoms with Crippen LogP contribution < -0.4 is 15.0 Å². The van der Waals surface area contributed by atoms with Crippen molar-refractivity contribution in [3.8, 4) is 5.75 Å². The smallest absolute Gasteiger partial charge is 0.281 e. The minimum atomic E-state index is -0.175. The molecule has 1 fully saturated rings. The molecule has 4 nitrogen and oxygen atoms in total. The predicted molar refractivity (Wildman–Crippen MR) is 134 cm³/mol. The summed E-state index contributed by atoms with van der Waals surface area (Å²) >= 11 is 5.47. The summed E-state index contributed by atoms with van der Waals surface area (Å²) in [6.45, 7) is 0. The van der Waals surface area contributed by atoms with Gasteiger partial charge in [-0.15, -0.1) is 0 Å². The third-order valence-corrected chi connectivity index (χ3v) is 6.36. The van der Waals surface area contributed by atoms with E-state index in [1.54, 1.807) is 7.11 Å². The van der Waals surface area contributed by atoms with Gasteiger partial charge in [-0.05, 0) is 80.4 Å². The Labute approximate surface area is 190 Å². The number of methoxy groups -OCH3 is 1. The van der Waals surface area contributed by atoms with Gasteiger partial charge in [0.1, 0.15) is 11.4 Å². The van der Waals surface area contributed by atoms with E-state index in [1.807, 2.05) is 30.3 Å². The molecule has 0 aromatic heterocycles. The van der Waals surface area contributed by atoms with E-state index in [2.05, 4.69) is 59.9 Å². The zero-order valence-corrected chi connectivity index (χ0v) is 18.1. The Morgan fingerprint density at radius 1 is 0.844 bits per heavy atom. The quantitative estimate of drug-likeness (QED) is 0.220. The molecule has 1 N–H and O–H groups in total. The van der Waals surface area contributed by atoms with Crippen LogP contribution in [0, 0.1) is 0 Å². The molecular weight excluding hydrogens is 416 g/mol. The van der Waals surface area contributed by atoms with Crippen LogP contribution in [0.2, 0.25) is 0 Å². The zero-order valence-electron chi connectivity index (χ0n) is 17.3. The van der Waals surface area contributed by atoms with Crippen LogP contribution >= 0.6 is 12.2 Å². The fourth-order valence-corrected chi connectivity index (χ4v) is 4.84. The highest BCUT2D eigenvalue weighted by molar-refractivity contribution is 7.80. The number of carbonyl (C=O) groups excluding carboxylic acids is 1. The number of amides is 1. The predicted octanol–water partition coefficient (Wildman–Crippen LogP) is 5.85. The molecule has 0 spiro atoms. The van der Waals surface area contributed by atoms with Gasteiger partial charge in [0.15, 0.2) is 5.11 Å². The molecule has 5 aromatic rings. The van der Waals surface area contributed by atoms with E-state index in [4.69, 9.17) is 17.0 Å². The normalized spacial score (nSPS) is 15.4. The maximum absolute atomic E-state index is 13.2. The molecule has 154 valence electrons. The third kappa shape index (κ3) is 2.75. The van der Waals surface area contributed by atoms with Crippen molar-refractivity contribution >= 4 is 67.3 Å². The first-order valence-electron chi connectivity index (χ1n) is 10.3. The first-order valence-corrected chi connectivity index (χ1v) is 10.7. The highest BCUT2D eigenvalue weighted by atomic mass is 32.1. The van der Waals surface area contributed by atoms with E-state index >= 15 is 0 Å². The molecule has 0 atom stereocenters. The average Bonchev–Trinajstić information content (AvgIpc) is 3.11. The molecule has 0 bridgehead atoms. The highest BCUT2D eigenvalue weighted by Gasteiger charge is 2.32. The van der Waals surface area contributed by atoms with E-state index in [0.717, 1.165) is 16.7 Å². The molecule has 5 aromatic carbocycles. The van der Waals surface area contributed by atoms with Crippen LogP contribution in [0.5, 0.6) is 5.75 Å². The zero-order chi connectivity index (χ0) is 21.8. The summed E-state index contributed by atoms with van der Waals surface area (Å²) in [5.41, 5.74) is 2.14. The van der Waals surface area contributed by atoms with E-state index in [-0.39, 0.29) is 5.91 Å². The van der Waals surface area contributed by atoms with Gasteiger partial charge in [-0.3, -0.25) is 9.69 Å². The van der Waals surface area contributed by atoms with Gasteiger partial charge >= 0.3 is 0 Å². The summed E-state index contributed by atoms with van der Waals surface area (Å²) in [6, 6.07) is 26.4. The van der Waals surface area contributed by atoms with Crippen LogP contribution in [-0.2, 0) is 4.79 Å². The number of carbonyl (C=O) groups is 1. The number of thiocarbonyl (C=S) groups is 1. The first-order chi connectivity index (χ1) is 15.6. The van der Waals surface area contributed by atoms with Crippen molar-refractivity contribution in [3.05, 3.63) is 90.1 Å². The van der Waals surface area contributed by atoms with Crippen LogP contribution in [0.1, 0.15) is 5.56 Å². The van der Waals surface area contributed by atoms with Gasteiger partial charge in [0.2, 0.25) is 0 Å². The number of benzene rings is 5. The Morgan fingerprint density at radius 3 is 2.22 bits per heavy atom. The lowest BCUT2D eigenvalue weighted by Crippen LogP contribution is -2.30. The van der Waals surface area contributed by atoms with Crippen LogP contribution in [-0.4, -0.2) is 18.1 Å². The fourth-order valence-electron chi connectivity index (χ4n) is 4.54. The van der Waals surface area contributed by atoms with Gasteiger partial charge in [-0.2, -0.15) is 0 Å². The summed E-state index contributed by atoms with van der Waals surface area (Å²) in [5, 5.41) is 10.7. The van der Waals surface area contributed by atoms with Crippen LogP contribution in [0.4, 0.5) is 5.69 Å². The van der Waals surface area contributed by atoms with Crippen molar-refractivity contribution in [1.29, 1.82) is 0 Å². The number of hydrogen-bond acceptors (Lipinski definition) is 3. The maximum Gasteiger partial charge on any atom is 0.281 e. The van der Waals surface area contributed by atoms with Crippen molar-refractivity contribution < 1.29 is 9.53 Å². The molecule has 32 heavy (non-hydrogen) atoms. The molecule has 1 aliphatic rings. The highest BCUT2D eigenvalue weighted by Crippen LogP contribution is 2.36. The summed E-state index contributed by atoms with van der Waals surface area (Å²) in [5.74, 6) is 0.551. The lowest BCUT2D eigenvalue weighted by atomic mass is 9.92. The molecule has 1 saturated heterocycles. The topological polar surface area (TPSA) is 41.6 Å². The molecule has 0 unspecified atom stereocenters. The summed E-state index contributed by atoms with van der Waals surface area (Å²) in [7, 11) is 1.61. The summed E-state index contributed by atoms with van der Waals surface area (Å²) < 4.78 is 5.21. The minimum absolute atomic E-state index is 0.175. The molecule has 5 heteroatoms. The van der Waals surface area contributed by atoms with Crippen molar-refractivity contribution in [3.63, 3.8) is 0 Å². The molecule has 1 heterocycles. The van der Waals surface area contributed by atoms with Crippen molar-refractivity contribution in [2.75, 3.05) is 12.0 Å². The van der Waals surface area contributed by atoms with Crippen molar-refractivity contribution in [1.82, 2.24) is 5.32 Å². The largest absolute Gasteiger partial charge is 0.497 e. The Kier molecular flexibility index (Phi) is 4.13. The number of hydrogen-bond donors (Lipinski definition) is 1. The van der Waals surface area contributed by atoms with Gasteiger partial charge in [0.05, 0.1) is 12.8 Å². The van der Waals surface area contributed by atoms with Gasteiger partial charge in [0.25, 0.3) is 5.91 Å². The number of ether oxygens (including phenoxy) is 1. The fraction of sp³-hybridized carbons (Fsp3) is 0.0370. The molecule has 0 aliphatic carbocycles. The van der Waals surface area contributed by atoms with Gasteiger partial charge < -0.3 is 10.1 Å². The summed E-state index contributed by atoms with van der Waals surface area (Å²) in [6.07, 6.45) is 1.89. The second-order valence-corrected chi connectivity index (χ2v) is 8.22. The number of nitrogens with zero attached hydrogens (tertiary/aromatic N) is 1. The lowest BCUT2D eigenvalue weighted by molar-refractivity contribution is -0.113. The van der Waals surface area contributed by atoms with E-state index in [1.165, 1.54) is 31.8 Å². The van der Waals surface area contributed by atoms with E-state index < -0.39 is 0 Å². The number of nitrogens with one attached hydrogen (secondary N) is 1. The van der Waals surface area contributed by atoms with Gasteiger partial charge in [-0.1, -0.05) is 54.6 Å². The Morgan fingerprint density at radius 2 is 1.50 bits per heavy atom. The minimum Gasteiger partial charge on any atom is -0.497 e. The third-order valence-electron chi connectivity index (χ3n) is 6.07. The first kappa shape index (κ1) is 18.8. The Hall–Kier alpha value is -3.96. The monoisotopic (exact) mass is 434 g/mol. The van der Waals surface area contributed by atoms with Gasteiger partial charge in [0, 0.05) is 0 Å². The lowest BCUT2D eigenvalue weighted by Gasteiger charge is -2.14.